The molecule has 0 aromatic heterocycles. The molecule has 1 aliphatic rings. The second-order valence-electron chi connectivity index (χ2n) is 6.23. The quantitative estimate of drug-likeness (QED) is 0.835. The van der Waals surface area contributed by atoms with Gasteiger partial charge in [-0.1, -0.05) is 52.0 Å². The second kappa shape index (κ2) is 4.13. The Bertz CT molecular complexity index is 390. The Balaban J connectivity index is 2.25. The van der Waals surface area contributed by atoms with E-state index in [1.165, 1.54) is 17.5 Å². The summed E-state index contributed by atoms with van der Waals surface area (Å²) in [5.41, 5.74) is 2.97. The van der Waals surface area contributed by atoms with E-state index >= 15 is 0 Å². The zero-order valence-electron chi connectivity index (χ0n) is 11.5. The van der Waals surface area contributed by atoms with Crippen molar-refractivity contribution in [2.24, 2.45) is 5.41 Å². The lowest BCUT2D eigenvalue weighted by molar-refractivity contribution is 0.231. The van der Waals surface area contributed by atoms with Crippen LogP contribution in [0, 0.1) is 5.41 Å². The van der Waals surface area contributed by atoms with E-state index in [1.807, 2.05) is 0 Å². The van der Waals surface area contributed by atoms with E-state index in [0.29, 0.717) is 5.92 Å². The van der Waals surface area contributed by atoms with Gasteiger partial charge in [-0.25, -0.2) is 0 Å². The highest BCUT2D eigenvalue weighted by Gasteiger charge is 2.61. The van der Waals surface area contributed by atoms with Gasteiger partial charge in [0.15, 0.2) is 0 Å². The molecule has 0 amide bonds. The van der Waals surface area contributed by atoms with E-state index < -0.39 is 0 Å². The third-order valence-corrected chi connectivity index (χ3v) is 4.83. The van der Waals surface area contributed by atoms with E-state index in [2.05, 4.69) is 52.0 Å². The zero-order valence-corrected chi connectivity index (χ0v) is 11.5. The molecule has 2 atom stereocenters. The molecule has 1 saturated carbocycles. The zero-order chi connectivity index (χ0) is 12.7. The van der Waals surface area contributed by atoms with Crippen LogP contribution in [0.15, 0.2) is 24.3 Å². The summed E-state index contributed by atoms with van der Waals surface area (Å²) in [5.74, 6) is 0.626. The van der Waals surface area contributed by atoms with Crippen LogP contribution in [0.4, 0.5) is 0 Å². The monoisotopic (exact) mass is 232 g/mol. The summed E-state index contributed by atoms with van der Waals surface area (Å²) in [4.78, 5) is 0. The van der Waals surface area contributed by atoms with Gasteiger partial charge in [-0.15, -0.1) is 0 Å². The Morgan fingerprint density at radius 2 is 1.76 bits per heavy atom. The van der Waals surface area contributed by atoms with Crippen molar-refractivity contribution in [2.75, 3.05) is 6.61 Å². The number of aliphatic hydroxyl groups is 1. The molecule has 0 spiro atoms. The van der Waals surface area contributed by atoms with Crippen LogP contribution in [0.25, 0.3) is 0 Å². The van der Waals surface area contributed by atoms with E-state index in [9.17, 15) is 5.11 Å². The van der Waals surface area contributed by atoms with Gasteiger partial charge in [-0.2, -0.15) is 0 Å². The molecule has 0 aliphatic heterocycles. The molecule has 2 rings (SSSR count). The summed E-state index contributed by atoms with van der Waals surface area (Å²) in [5, 5.41) is 9.67. The second-order valence-corrected chi connectivity index (χ2v) is 6.23. The Morgan fingerprint density at radius 3 is 2.12 bits per heavy atom. The molecule has 0 bridgehead atoms. The van der Waals surface area contributed by atoms with Gasteiger partial charge in [0.1, 0.15) is 0 Å². The standard InChI is InChI=1S/C16H24O/c1-5-12(2)13-6-8-14(9-7-13)16(11-17)10-15(16,3)4/h6-9,12,17H,5,10-11H2,1-4H3. The molecule has 1 N–H and O–H groups in total. The van der Waals surface area contributed by atoms with Crippen molar-refractivity contribution >= 4 is 0 Å². The predicted octanol–water partition coefficient (Wildman–Crippen LogP) is 3.86. The molecule has 0 radical (unpaired) electrons. The summed E-state index contributed by atoms with van der Waals surface area (Å²) in [6.07, 6.45) is 2.27. The van der Waals surface area contributed by atoms with Crippen LogP contribution in [0.1, 0.15) is 57.6 Å². The van der Waals surface area contributed by atoms with Gasteiger partial charge in [0.25, 0.3) is 0 Å². The van der Waals surface area contributed by atoms with Crippen LogP contribution < -0.4 is 0 Å². The van der Waals surface area contributed by atoms with Crippen LogP contribution in [0.3, 0.4) is 0 Å². The normalized spacial score (nSPS) is 27.8. The maximum atomic E-state index is 9.67. The van der Waals surface area contributed by atoms with Gasteiger partial charge in [0, 0.05) is 5.41 Å². The first-order valence-electron chi connectivity index (χ1n) is 6.68. The maximum Gasteiger partial charge on any atom is 0.0533 e. The van der Waals surface area contributed by atoms with Crippen LogP contribution in [-0.2, 0) is 5.41 Å². The minimum absolute atomic E-state index is 0.0149. The summed E-state index contributed by atoms with van der Waals surface area (Å²) in [6.45, 7) is 9.23. The lowest BCUT2D eigenvalue weighted by atomic mass is 9.87. The molecular formula is C16H24O. The minimum Gasteiger partial charge on any atom is -0.395 e. The third kappa shape index (κ3) is 1.91. The number of benzene rings is 1. The van der Waals surface area contributed by atoms with E-state index in [-0.39, 0.29) is 17.4 Å². The van der Waals surface area contributed by atoms with Crippen molar-refractivity contribution in [1.29, 1.82) is 0 Å². The largest absolute Gasteiger partial charge is 0.395 e. The smallest absolute Gasteiger partial charge is 0.0533 e. The summed E-state index contributed by atoms with van der Waals surface area (Å²) >= 11 is 0. The lowest BCUT2D eigenvalue weighted by Crippen LogP contribution is -2.19. The Morgan fingerprint density at radius 1 is 1.24 bits per heavy atom. The van der Waals surface area contributed by atoms with Gasteiger partial charge in [0.05, 0.1) is 6.61 Å². The minimum atomic E-state index is 0.0149. The van der Waals surface area contributed by atoms with Gasteiger partial charge >= 0.3 is 0 Å². The number of rotatable bonds is 4. The molecule has 1 fully saturated rings. The van der Waals surface area contributed by atoms with Gasteiger partial charge in [-0.05, 0) is 35.3 Å². The molecular weight excluding hydrogens is 208 g/mol. The third-order valence-electron chi connectivity index (χ3n) is 4.83. The topological polar surface area (TPSA) is 20.2 Å². The Kier molecular flexibility index (Phi) is 3.07. The van der Waals surface area contributed by atoms with Crippen LogP contribution >= 0.6 is 0 Å². The molecule has 2 unspecified atom stereocenters. The van der Waals surface area contributed by atoms with Gasteiger partial charge in [-0.3, -0.25) is 0 Å². The molecule has 1 nitrogen and oxygen atoms in total. The molecule has 0 saturated heterocycles. The molecule has 1 heteroatoms. The maximum absolute atomic E-state index is 9.67. The van der Waals surface area contributed by atoms with Crippen molar-refractivity contribution < 1.29 is 5.11 Å². The summed E-state index contributed by atoms with van der Waals surface area (Å²) in [6, 6.07) is 8.89. The van der Waals surface area contributed by atoms with Crippen LogP contribution in [0.2, 0.25) is 0 Å². The highest BCUT2D eigenvalue weighted by atomic mass is 16.3. The Hall–Kier alpha value is -0.820. The highest BCUT2D eigenvalue weighted by Crippen LogP contribution is 2.63. The van der Waals surface area contributed by atoms with Crippen molar-refractivity contribution in [1.82, 2.24) is 0 Å². The van der Waals surface area contributed by atoms with E-state index in [1.54, 1.807) is 0 Å². The lowest BCUT2D eigenvalue weighted by Gasteiger charge is -2.19. The Labute approximate surface area is 105 Å². The van der Waals surface area contributed by atoms with Crippen molar-refractivity contribution in [3.8, 4) is 0 Å². The average Bonchev–Trinajstić information content (AvgIpc) is 2.92. The van der Waals surface area contributed by atoms with Crippen molar-refractivity contribution in [3.05, 3.63) is 35.4 Å². The average molecular weight is 232 g/mol. The molecule has 94 valence electrons. The predicted molar refractivity (Wildman–Crippen MR) is 72.3 cm³/mol. The fraction of sp³-hybridized carbons (Fsp3) is 0.625. The fourth-order valence-electron chi connectivity index (χ4n) is 2.93. The van der Waals surface area contributed by atoms with Crippen LogP contribution in [0.5, 0.6) is 0 Å². The van der Waals surface area contributed by atoms with E-state index in [0.717, 1.165) is 6.42 Å². The molecule has 1 aromatic carbocycles. The van der Waals surface area contributed by atoms with E-state index in [4.69, 9.17) is 0 Å². The van der Waals surface area contributed by atoms with Crippen molar-refractivity contribution in [2.45, 2.75) is 51.9 Å². The molecule has 0 heterocycles. The first-order valence-corrected chi connectivity index (χ1v) is 6.68. The number of aliphatic hydroxyl groups excluding tert-OH is 1. The first kappa shape index (κ1) is 12.6. The highest BCUT2D eigenvalue weighted by molar-refractivity contribution is 5.39. The van der Waals surface area contributed by atoms with Gasteiger partial charge in [0.2, 0.25) is 0 Å². The molecule has 17 heavy (non-hydrogen) atoms. The number of hydrogen-bond acceptors (Lipinski definition) is 1. The molecule has 1 aromatic rings. The van der Waals surface area contributed by atoms with Gasteiger partial charge < -0.3 is 5.11 Å². The summed E-state index contributed by atoms with van der Waals surface area (Å²) in [7, 11) is 0. The number of hydrogen-bond donors (Lipinski definition) is 1. The SMILES string of the molecule is CCC(C)c1ccc(C2(CO)CC2(C)C)cc1. The first-order chi connectivity index (χ1) is 7.97. The summed E-state index contributed by atoms with van der Waals surface area (Å²) < 4.78 is 0. The fourth-order valence-corrected chi connectivity index (χ4v) is 2.93. The van der Waals surface area contributed by atoms with Crippen LogP contribution in [-0.4, -0.2) is 11.7 Å². The molecule has 1 aliphatic carbocycles. The van der Waals surface area contributed by atoms with Crippen molar-refractivity contribution in [3.63, 3.8) is 0 Å².